The monoisotopic (exact) mass is 287 g/mol. The first-order chi connectivity index (χ1) is 8.58. The smallest absolute Gasteiger partial charge is 0.0485 e. The summed E-state index contributed by atoms with van der Waals surface area (Å²) in [6.45, 7) is 6.35. The molecule has 1 unspecified atom stereocenters. The van der Waals surface area contributed by atoms with Gasteiger partial charge in [0, 0.05) is 27.3 Å². The third-order valence-corrected chi connectivity index (χ3v) is 4.17. The van der Waals surface area contributed by atoms with Crippen LogP contribution in [-0.4, -0.2) is 23.1 Å². The molecule has 18 heavy (non-hydrogen) atoms. The number of nitrogens with one attached hydrogen (secondary N) is 1. The molecule has 0 amide bonds. The van der Waals surface area contributed by atoms with E-state index in [2.05, 4.69) is 19.2 Å². The minimum atomic E-state index is -0.775. The lowest BCUT2D eigenvalue weighted by Gasteiger charge is -2.07. The third kappa shape index (κ3) is 7.14. The number of rotatable bonds is 8. The summed E-state index contributed by atoms with van der Waals surface area (Å²) in [5.41, 5.74) is 1.09. The molecule has 1 rings (SSSR count). The van der Waals surface area contributed by atoms with E-state index >= 15 is 0 Å². The average molecular weight is 288 g/mol. The van der Waals surface area contributed by atoms with E-state index in [1.54, 1.807) is 0 Å². The van der Waals surface area contributed by atoms with E-state index in [0.717, 1.165) is 35.8 Å². The summed E-state index contributed by atoms with van der Waals surface area (Å²) in [7, 11) is -0.775. The van der Waals surface area contributed by atoms with Gasteiger partial charge < -0.3 is 5.32 Å². The van der Waals surface area contributed by atoms with E-state index in [9.17, 15) is 4.21 Å². The SMILES string of the molecule is CC(C)CNCCCS(=O)Cc1ccc(Cl)cc1. The van der Waals surface area contributed by atoms with Crippen molar-refractivity contribution in [3.05, 3.63) is 34.9 Å². The molecule has 1 aromatic carbocycles. The van der Waals surface area contributed by atoms with Gasteiger partial charge in [0.1, 0.15) is 0 Å². The Balaban J connectivity index is 2.16. The van der Waals surface area contributed by atoms with Crippen LogP contribution in [0.15, 0.2) is 24.3 Å². The van der Waals surface area contributed by atoms with Gasteiger partial charge in [0.2, 0.25) is 0 Å². The van der Waals surface area contributed by atoms with Crippen molar-refractivity contribution in [2.24, 2.45) is 5.92 Å². The van der Waals surface area contributed by atoms with Crippen molar-refractivity contribution in [1.82, 2.24) is 5.32 Å². The van der Waals surface area contributed by atoms with E-state index < -0.39 is 10.8 Å². The fraction of sp³-hybridized carbons (Fsp3) is 0.571. The normalized spacial score (nSPS) is 12.9. The Hall–Kier alpha value is -0.380. The molecule has 0 aromatic heterocycles. The van der Waals surface area contributed by atoms with E-state index in [4.69, 9.17) is 11.6 Å². The van der Waals surface area contributed by atoms with Crippen LogP contribution >= 0.6 is 11.6 Å². The Morgan fingerprint density at radius 2 is 1.94 bits per heavy atom. The molecule has 0 aliphatic rings. The Bertz CT molecular complexity index is 365. The molecule has 1 N–H and O–H groups in total. The molecule has 2 nitrogen and oxygen atoms in total. The molecule has 0 bridgehead atoms. The van der Waals surface area contributed by atoms with Crippen LogP contribution in [0, 0.1) is 5.92 Å². The topological polar surface area (TPSA) is 29.1 Å². The van der Waals surface area contributed by atoms with Crippen LogP contribution in [-0.2, 0) is 16.6 Å². The van der Waals surface area contributed by atoms with Crippen molar-refractivity contribution in [3.8, 4) is 0 Å². The fourth-order valence-electron chi connectivity index (χ4n) is 1.59. The Morgan fingerprint density at radius 3 is 2.56 bits per heavy atom. The molecule has 0 heterocycles. The van der Waals surface area contributed by atoms with Gasteiger partial charge in [-0.1, -0.05) is 37.6 Å². The lowest BCUT2D eigenvalue weighted by Crippen LogP contribution is -2.22. The second-order valence-electron chi connectivity index (χ2n) is 4.87. The van der Waals surface area contributed by atoms with Crippen molar-refractivity contribution in [2.45, 2.75) is 26.0 Å². The zero-order valence-electron chi connectivity index (χ0n) is 11.1. The summed E-state index contributed by atoms with van der Waals surface area (Å²) < 4.78 is 11.8. The molecule has 0 aliphatic heterocycles. The molecule has 0 saturated heterocycles. The van der Waals surface area contributed by atoms with E-state index in [0.29, 0.717) is 11.7 Å². The number of hydrogen-bond donors (Lipinski definition) is 1. The number of hydrogen-bond acceptors (Lipinski definition) is 2. The van der Waals surface area contributed by atoms with Gasteiger partial charge in [-0.05, 0) is 43.1 Å². The molecule has 4 heteroatoms. The van der Waals surface area contributed by atoms with Crippen LogP contribution in [0.5, 0.6) is 0 Å². The van der Waals surface area contributed by atoms with Gasteiger partial charge in [-0.2, -0.15) is 0 Å². The van der Waals surface area contributed by atoms with Crippen LogP contribution < -0.4 is 5.32 Å². The number of benzene rings is 1. The first-order valence-electron chi connectivity index (χ1n) is 6.38. The van der Waals surface area contributed by atoms with Crippen LogP contribution in [0.2, 0.25) is 5.02 Å². The predicted molar refractivity (Wildman–Crippen MR) is 80.5 cm³/mol. The second kappa shape index (κ2) is 8.68. The fourth-order valence-corrected chi connectivity index (χ4v) is 2.89. The van der Waals surface area contributed by atoms with Crippen molar-refractivity contribution in [1.29, 1.82) is 0 Å². The van der Waals surface area contributed by atoms with Gasteiger partial charge in [0.15, 0.2) is 0 Å². The maximum absolute atomic E-state index is 11.8. The molecule has 0 saturated carbocycles. The third-order valence-electron chi connectivity index (χ3n) is 2.52. The van der Waals surface area contributed by atoms with Crippen LogP contribution in [0.25, 0.3) is 0 Å². The quantitative estimate of drug-likeness (QED) is 0.744. The first-order valence-corrected chi connectivity index (χ1v) is 8.24. The van der Waals surface area contributed by atoms with Gasteiger partial charge in [-0.15, -0.1) is 0 Å². The van der Waals surface area contributed by atoms with Crippen LogP contribution in [0.1, 0.15) is 25.8 Å². The van der Waals surface area contributed by atoms with Crippen molar-refractivity contribution < 1.29 is 4.21 Å². The molecule has 0 radical (unpaired) electrons. The predicted octanol–water partition coefficient (Wildman–Crippen LogP) is 3.22. The first kappa shape index (κ1) is 15.7. The minimum Gasteiger partial charge on any atom is -0.316 e. The summed E-state index contributed by atoms with van der Waals surface area (Å²) >= 11 is 5.81. The Kier molecular flexibility index (Phi) is 7.56. The lowest BCUT2D eigenvalue weighted by molar-refractivity contribution is 0.550. The summed E-state index contributed by atoms with van der Waals surface area (Å²) in [5.74, 6) is 2.05. The maximum Gasteiger partial charge on any atom is 0.0485 e. The van der Waals surface area contributed by atoms with Gasteiger partial charge in [-0.3, -0.25) is 4.21 Å². The molecule has 102 valence electrons. The van der Waals surface area contributed by atoms with E-state index in [-0.39, 0.29) is 0 Å². The molecule has 1 aromatic rings. The molecule has 0 spiro atoms. The van der Waals surface area contributed by atoms with Gasteiger partial charge in [0.25, 0.3) is 0 Å². The van der Waals surface area contributed by atoms with Gasteiger partial charge >= 0.3 is 0 Å². The molecule has 0 aliphatic carbocycles. The standard InChI is InChI=1S/C14H22ClNOS/c1-12(2)10-16-8-3-9-18(17)11-13-4-6-14(15)7-5-13/h4-7,12,16H,3,8-11H2,1-2H3. The zero-order chi connectivity index (χ0) is 13.4. The average Bonchev–Trinajstić information content (AvgIpc) is 2.31. The van der Waals surface area contributed by atoms with Gasteiger partial charge in [-0.25, -0.2) is 0 Å². The van der Waals surface area contributed by atoms with Gasteiger partial charge in [0.05, 0.1) is 0 Å². The van der Waals surface area contributed by atoms with E-state index in [1.165, 1.54) is 0 Å². The lowest BCUT2D eigenvalue weighted by atomic mass is 10.2. The summed E-state index contributed by atoms with van der Waals surface area (Å²) in [6.07, 6.45) is 0.965. The maximum atomic E-state index is 11.8. The van der Waals surface area contributed by atoms with E-state index in [1.807, 2.05) is 24.3 Å². The second-order valence-corrected chi connectivity index (χ2v) is 6.88. The zero-order valence-corrected chi connectivity index (χ0v) is 12.7. The van der Waals surface area contributed by atoms with Crippen molar-refractivity contribution >= 4 is 22.4 Å². The number of halogens is 1. The molecule has 1 atom stereocenters. The Morgan fingerprint density at radius 1 is 1.28 bits per heavy atom. The highest BCUT2D eigenvalue weighted by Gasteiger charge is 2.02. The highest BCUT2D eigenvalue weighted by Crippen LogP contribution is 2.11. The summed E-state index contributed by atoms with van der Waals surface area (Å²) in [4.78, 5) is 0. The molecular formula is C14H22ClNOS. The highest BCUT2D eigenvalue weighted by molar-refractivity contribution is 7.84. The van der Waals surface area contributed by atoms with Crippen molar-refractivity contribution in [3.63, 3.8) is 0 Å². The van der Waals surface area contributed by atoms with Crippen LogP contribution in [0.3, 0.4) is 0 Å². The summed E-state index contributed by atoms with van der Waals surface area (Å²) in [5, 5.41) is 4.08. The summed E-state index contributed by atoms with van der Waals surface area (Å²) in [6, 6.07) is 7.57. The minimum absolute atomic E-state index is 0.626. The molecular weight excluding hydrogens is 266 g/mol. The van der Waals surface area contributed by atoms with Crippen molar-refractivity contribution in [2.75, 3.05) is 18.8 Å². The molecule has 0 fully saturated rings. The highest BCUT2D eigenvalue weighted by atomic mass is 35.5. The van der Waals surface area contributed by atoms with Crippen LogP contribution in [0.4, 0.5) is 0 Å². The largest absolute Gasteiger partial charge is 0.316 e. The Labute approximate surface area is 118 Å².